The van der Waals surface area contributed by atoms with E-state index in [2.05, 4.69) is 15.2 Å². The molecule has 0 fully saturated rings. The summed E-state index contributed by atoms with van der Waals surface area (Å²) < 4.78 is 5.90. The van der Waals surface area contributed by atoms with Crippen molar-refractivity contribution in [1.82, 2.24) is 20.2 Å². The van der Waals surface area contributed by atoms with E-state index in [1.807, 2.05) is 68.4 Å². The number of nitrogens with zero attached hydrogens (tertiary/aromatic N) is 3. The van der Waals surface area contributed by atoms with Gasteiger partial charge in [0, 0.05) is 22.6 Å². The maximum atomic E-state index is 10.9. The molecule has 0 bridgehead atoms. The summed E-state index contributed by atoms with van der Waals surface area (Å²) in [6, 6.07) is 17.4. The molecule has 0 radical (unpaired) electrons. The number of carboxylic acid groups (broad SMARTS) is 1. The molecule has 0 saturated carbocycles. The summed E-state index contributed by atoms with van der Waals surface area (Å²) in [5.74, 6) is 0.927. The Labute approximate surface area is 206 Å². The van der Waals surface area contributed by atoms with Crippen molar-refractivity contribution in [2.24, 2.45) is 0 Å². The zero-order valence-electron chi connectivity index (χ0n) is 19.3. The minimum Gasteiger partial charge on any atom is -0.481 e. The number of rotatable bonds is 7. The second-order valence-corrected chi connectivity index (χ2v) is 9.06. The van der Waals surface area contributed by atoms with Crippen molar-refractivity contribution in [2.45, 2.75) is 33.1 Å². The van der Waals surface area contributed by atoms with Gasteiger partial charge in [-0.05, 0) is 72.9 Å². The number of fused-ring (bicyclic) bond motifs is 1. The first kappa shape index (κ1) is 22.8. The van der Waals surface area contributed by atoms with Crippen molar-refractivity contribution in [3.8, 4) is 22.8 Å². The zero-order chi connectivity index (χ0) is 24.5. The smallest absolute Gasteiger partial charge is 0.303 e. The largest absolute Gasteiger partial charge is 0.481 e. The van der Waals surface area contributed by atoms with Crippen LogP contribution in [-0.2, 0) is 17.6 Å². The third-order valence-corrected chi connectivity index (χ3v) is 6.13. The molecule has 0 spiro atoms. The van der Waals surface area contributed by atoms with Crippen LogP contribution in [0.4, 0.5) is 0 Å². The molecule has 0 aliphatic rings. The van der Waals surface area contributed by atoms with Gasteiger partial charge in [-0.25, -0.2) is 4.98 Å². The standard InChI is InChI=1S/C27H23ClN4O3/c1-15-10-18(6-9-24(33)34)11-16(2)25(15)26-29-21-8-7-19(14-22(21)30-26)27-32-31-23(35-27)13-17-4-3-5-20(28)12-17/h3-5,7-8,10-12,14H,6,9,13H2,1-2H3,(H,29,30)(H,33,34). The molecular formula is C27H23ClN4O3. The van der Waals surface area contributed by atoms with Crippen LogP contribution in [0.1, 0.15) is 34.6 Å². The van der Waals surface area contributed by atoms with Crippen LogP contribution in [0, 0.1) is 13.8 Å². The molecule has 2 aromatic heterocycles. The Morgan fingerprint density at radius 2 is 1.83 bits per heavy atom. The summed E-state index contributed by atoms with van der Waals surface area (Å²) in [5, 5.41) is 18.0. The second-order valence-electron chi connectivity index (χ2n) is 8.62. The van der Waals surface area contributed by atoms with Gasteiger partial charge in [-0.2, -0.15) is 0 Å². The number of aromatic nitrogens is 4. The average Bonchev–Trinajstić information content (AvgIpc) is 3.43. The molecule has 35 heavy (non-hydrogen) atoms. The number of nitrogens with one attached hydrogen (secondary N) is 1. The van der Waals surface area contributed by atoms with Gasteiger partial charge < -0.3 is 14.5 Å². The first-order chi connectivity index (χ1) is 16.9. The number of aromatic amines is 1. The third-order valence-electron chi connectivity index (χ3n) is 5.90. The van der Waals surface area contributed by atoms with E-state index in [0.717, 1.165) is 50.2 Å². The van der Waals surface area contributed by atoms with Crippen molar-refractivity contribution in [1.29, 1.82) is 0 Å². The predicted octanol–water partition coefficient (Wildman–Crippen LogP) is 6.16. The number of aliphatic carboxylic acids is 1. The van der Waals surface area contributed by atoms with Crippen LogP contribution in [-0.4, -0.2) is 31.2 Å². The van der Waals surface area contributed by atoms with E-state index in [-0.39, 0.29) is 6.42 Å². The van der Waals surface area contributed by atoms with Crippen molar-refractivity contribution >= 4 is 28.6 Å². The molecule has 0 unspecified atom stereocenters. The van der Waals surface area contributed by atoms with E-state index in [9.17, 15) is 4.79 Å². The number of carbonyl (C=O) groups is 1. The number of carboxylic acids is 1. The SMILES string of the molecule is Cc1cc(CCC(=O)O)cc(C)c1-c1nc2ccc(-c3nnc(Cc4cccc(Cl)c4)o3)cc2[nH]1. The van der Waals surface area contributed by atoms with Crippen LogP contribution in [0.3, 0.4) is 0 Å². The van der Waals surface area contributed by atoms with Gasteiger partial charge in [0.1, 0.15) is 5.82 Å². The Bertz CT molecular complexity index is 1530. The van der Waals surface area contributed by atoms with Gasteiger partial charge in [0.05, 0.1) is 17.5 Å². The number of hydrogen-bond donors (Lipinski definition) is 2. The molecule has 8 heteroatoms. The molecule has 0 saturated heterocycles. The van der Waals surface area contributed by atoms with E-state index >= 15 is 0 Å². The molecule has 5 aromatic rings. The lowest BCUT2D eigenvalue weighted by atomic mass is 9.97. The Morgan fingerprint density at radius 3 is 2.57 bits per heavy atom. The summed E-state index contributed by atoms with van der Waals surface area (Å²) in [4.78, 5) is 19.1. The monoisotopic (exact) mass is 486 g/mol. The van der Waals surface area contributed by atoms with Gasteiger partial charge in [0.2, 0.25) is 11.8 Å². The maximum absolute atomic E-state index is 10.9. The van der Waals surface area contributed by atoms with Crippen molar-refractivity contribution < 1.29 is 14.3 Å². The fourth-order valence-corrected chi connectivity index (χ4v) is 4.56. The van der Waals surface area contributed by atoms with Crippen LogP contribution >= 0.6 is 11.6 Å². The van der Waals surface area contributed by atoms with E-state index in [0.29, 0.717) is 29.6 Å². The first-order valence-corrected chi connectivity index (χ1v) is 11.6. The molecule has 2 heterocycles. The van der Waals surface area contributed by atoms with Gasteiger partial charge in [-0.15, -0.1) is 10.2 Å². The van der Waals surface area contributed by atoms with E-state index in [1.54, 1.807) is 0 Å². The van der Waals surface area contributed by atoms with E-state index < -0.39 is 5.97 Å². The van der Waals surface area contributed by atoms with Crippen LogP contribution in [0.2, 0.25) is 5.02 Å². The summed E-state index contributed by atoms with van der Waals surface area (Å²) in [5.41, 5.74) is 7.62. The van der Waals surface area contributed by atoms with Gasteiger partial charge in [0.15, 0.2) is 0 Å². The molecule has 2 N–H and O–H groups in total. The van der Waals surface area contributed by atoms with E-state index in [1.165, 1.54) is 0 Å². The molecule has 0 aliphatic carbocycles. The lowest BCUT2D eigenvalue weighted by Crippen LogP contribution is -1.99. The minimum atomic E-state index is -0.796. The molecule has 0 aliphatic heterocycles. The van der Waals surface area contributed by atoms with Crippen LogP contribution in [0.25, 0.3) is 33.9 Å². The Kier molecular flexibility index (Phi) is 6.09. The maximum Gasteiger partial charge on any atom is 0.303 e. The fraction of sp³-hybridized carbons (Fsp3) is 0.185. The Hall–Kier alpha value is -3.97. The van der Waals surface area contributed by atoms with Gasteiger partial charge >= 0.3 is 5.97 Å². The van der Waals surface area contributed by atoms with Crippen molar-refractivity contribution in [2.75, 3.05) is 0 Å². The highest BCUT2D eigenvalue weighted by atomic mass is 35.5. The summed E-state index contributed by atoms with van der Waals surface area (Å²) in [6.45, 7) is 4.04. The third kappa shape index (κ3) is 4.95. The number of H-pyrrole nitrogens is 1. The Morgan fingerprint density at radius 1 is 1.03 bits per heavy atom. The van der Waals surface area contributed by atoms with Crippen molar-refractivity contribution in [3.05, 3.63) is 87.8 Å². The number of imidazole rings is 1. The Balaban J connectivity index is 1.41. The van der Waals surface area contributed by atoms with Gasteiger partial charge in [-0.3, -0.25) is 4.79 Å². The van der Waals surface area contributed by atoms with Gasteiger partial charge in [-0.1, -0.05) is 35.9 Å². The first-order valence-electron chi connectivity index (χ1n) is 11.2. The van der Waals surface area contributed by atoms with Gasteiger partial charge in [0.25, 0.3) is 0 Å². The molecule has 5 rings (SSSR count). The number of hydrogen-bond acceptors (Lipinski definition) is 5. The summed E-state index contributed by atoms with van der Waals surface area (Å²) >= 11 is 6.07. The molecule has 0 amide bonds. The zero-order valence-corrected chi connectivity index (χ0v) is 20.1. The van der Waals surface area contributed by atoms with Crippen LogP contribution in [0.5, 0.6) is 0 Å². The predicted molar refractivity (Wildman–Crippen MR) is 135 cm³/mol. The van der Waals surface area contributed by atoms with Crippen molar-refractivity contribution in [3.63, 3.8) is 0 Å². The highest BCUT2D eigenvalue weighted by molar-refractivity contribution is 6.30. The molecule has 176 valence electrons. The fourth-order valence-electron chi connectivity index (χ4n) is 4.35. The highest BCUT2D eigenvalue weighted by Crippen LogP contribution is 2.30. The minimum absolute atomic E-state index is 0.113. The second kappa shape index (κ2) is 9.35. The molecule has 0 atom stereocenters. The van der Waals surface area contributed by atoms with Crippen LogP contribution in [0.15, 0.2) is 59.0 Å². The number of benzene rings is 3. The number of halogens is 1. The number of aryl methyl sites for hydroxylation is 3. The molecule has 3 aromatic carbocycles. The van der Waals surface area contributed by atoms with Crippen LogP contribution < -0.4 is 0 Å². The summed E-state index contributed by atoms with van der Waals surface area (Å²) in [7, 11) is 0. The summed E-state index contributed by atoms with van der Waals surface area (Å²) in [6.07, 6.45) is 1.12. The average molecular weight is 487 g/mol. The lowest BCUT2D eigenvalue weighted by Gasteiger charge is -2.10. The molecule has 7 nitrogen and oxygen atoms in total. The van der Waals surface area contributed by atoms with E-state index in [4.69, 9.17) is 26.1 Å². The topological polar surface area (TPSA) is 105 Å². The quantitative estimate of drug-likeness (QED) is 0.285. The lowest BCUT2D eigenvalue weighted by molar-refractivity contribution is -0.136. The highest BCUT2D eigenvalue weighted by Gasteiger charge is 2.15. The normalized spacial score (nSPS) is 11.3. The molecular weight excluding hydrogens is 464 g/mol.